The van der Waals surface area contributed by atoms with Crippen LogP contribution in [0, 0.1) is 0 Å². The number of aliphatic hydroxyl groups excluding tert-OH is 6. The van der Waals surface area contributed by atoms with Gasteiger partial charge in [0.15, 0.2) is 5.76 Å². The Bertz CT molecular complexity index is 538. The topological polar surface area (TPSA) is 166 Å². The molecule has 0 saturated heterocycles. The van der Waals surface area contributed by atoms with Crippen LogP contribution in [0.15, 0.2) is 11.5 Å². The molecule has 0 aromatic heterocycles. The van der Waals surface area contributed by atoms with Crippen LogP contribution >= 0.6 is 0 Å². The molecule has 0 aromatic rings. The number of rotatable bonds is 17. The van der Waals surface area contributed by atoms with Crippen molar-refractivity contribution in [3.63, 3.8) is 0 Å². The van der Waals surface area contributed by atoms with Crippen LogP contribution in [0.25, 0.3) is 0 Å². The van der Waals surface area contributed by atoms with Gasteiger partial charge in [-0.3, -0.25) is 0 Å². The lowest BCUT2D eigenvalue weighted by molar-refractivity contribution is -0.171. The Balaban J connectivity index is 3.04. The lowest BCUT2D eigenvalue weighted by Gasteiger charge is -2.34. The van der Waals surface area contributed by atoms with E-state index in [1.165, 1.54) is 0 Å². The molecule has 10 nitrogen and oxygen atoms in total. The van der Waals surface area contributed by atoms with E-state index in [9.17, 15) is 30.3 Å². The summed E-state index contributed by atoms with van der Waals surface area (Å²) in [5.41, 5.74) is -1.95. The van der Waals surface area contributed by atoms with E-state index in [0.29, 0.717) is 6.42 Å². The van der Waals surface area contributed by atoms with Crippen molar-refractivity contribution in [1.29, 1.82) is 0 Å². The van der Waals surface area contributed by atoms with Gasteiger partial charge in [0, 0.05) is 6.42 Å². The number of carbonyl (C=O) groups excluding carboxylic acids is 1. The first-order valence-corrected chi connectivity index (χ1v) is 10.5. The molecule has 0 bridgehead atoms. The Kier molecular flexibility index (Phi) is 12.2. The number of unbranched alkanes of at least 4 members (excludes halogenated alkanes) is 5. The molecular weight excluding hydrogens is 400 g/mol. The molecule has 0 aliphatic carbocycles. The molecule has 0 spiro atoms. The third-order valence-electron chi connectivity index (χ3n) is 4.89. The first-order chi connectivity index (χ1) is 14.4. The summed E-state index contributed by atoms with van der Waals surface area (Å²) >= 11 is 0. The lowest BCUT2D eigenvalue weighted by atomic mass is 9.88. The third-order valence-corrected chi connectivity index (χ3v) is 4.89. The number of aliphatic hydroxyl groups is 6. The van der Waals surface area contributed by atoms with Crippen molar-refractivity contribution in [3.05, 3.63) is 11.5 Å². The second-order valence-corrected chi connectivity index (χ2v) is 7.44. The van der Waals surface area contributed by atoms with Crippen LogP contribution in [-0.2, 0) is 19.0 Å². The van der Waals surface area contributed by atoms with Crippen molar-refractivity contribution >= 4 is 5.97 Å². The maximum Gasteiger partial charge on any atom is 0.378 e. The van der Waals surface area contributed by atoms with Crippen molar-refractivity contribution in [1.82, 2.24) is 0 Å². The van der Waals surface area contributed by atoms with E-state index < -0.39 is 68.5 Å². The van der Waals surface area contributed by atoms with Crippen molar-refractivity contribution in [2.24, 2.45) is 0 Å². The average molecular weight is 436 g/mol. The Morgan fingerprint density at radius 2 is 1.53 bits per heavy atom. The monoisotopic (exact) mass is 436 g/mol. The SMILES string of the molecule is CCCCCCCCOC1=C(OCC(O)CO)C(=O)O[C@]1(CC(O)CO)[C@@H](O)CO. The van der Waals surface area contributed by atoms with Crippen molar-refractivity contribution in [2.75, 3.05) is 33.0 Å². The molecule has 0 saturated carbocycles. The molecule has 1 heterocycles. The predicted molar refractivity (Wildman–Crippen MR) is 105 cm³/mol. The Morgan fingerprint density at radius 3 is 2.13 bits per heavy atom. The fourth-order valence-corrected chi connectivity index (χ4v) is 3.20. The third kappa shape index (κ3) is 7.36. The van der Waals surface area contributed by atoms with Gasteiger partial charge >= 0.3 is 5.97 Å². The molecule has 2 unspecified atom stereocenters. The van der Waals surface area contributed by atoms with Crippen molar-refractivity contribution < 1.29 is 49.6 Å². The van der Waals surface area contributed by atoms with E-state index in [1.54, 1.807) is 0 Å². The molecule has 4 atom stereocenters. The molecule has 1 rings (SSSR count). The van der Waals surface area contributed by atoms with Gasteiger partial charge in [-0.25, -0.2) is 4.79 Å². The van der Waals surface area contributed by atoms with Crippen LogP contribution in [-0.4, -0.2) is 93.6 Å². The fraction of sp³-hybridized carbons (Fsp3) is 0.850. The summed E-state index contributed by atoms with van der Waals surface area (Å²) in [4.78, 5) is 12.4. The minimum Gasteiger partial charge on any atom is -0.490 e. The van der Waals surface area contributed by atoms with Crippen LogP contribution in [0.2, 0.25) is 0 Å². The van der Waals surface area contributed by atoms with E-state index in [-0.39, 0.29) is 12.4 Å². The minimum absolute atomic E-state index is 0.169. The summed E-state index contributed by atoms with van der Waals surface area (Å²) in [6.45, 7) is -0.205. The van der Waals surface area contributed by atoms with Gasteiger partial charge in [-0.05, 0) is 6.42 Å². The minimum atomic E-state index is -1.95. The normalized spacial score (nSPS) is 22.0. The van der Waals surface area contributed by atoms with E-state index in [2.05, 4.69) is 6.92 Å². The molecule has 10 heteroatoms. The van der Waals surface area contributed by atoms with Crippen LogP contribution in [0.5, 0.6) is 0 Å². The Morgan fingerprint density at radius 1 is 0.900 bits per heavy atom. The van der Waals surface area contributed by atoms with Crippen LogP contribution in [0.1, 0.15) is 51.9 Å². The maximum absolute atomic E-state index is 12.4. The summed E-state index contributed by atoms with van der Waals surface area (Å²) < 4.78 is 16.3. The predicted octanol–water partition coefficient (Wildman–Crippen LogP) is -0.663. The second-order valence-electron chi connectivity index (χ2n) is 7.44. The lowest BCUT2D eigenvalue weighted by Crippen LogP contribution is -2.50. The van der Waals surface area contributed by atoms with E-state index in [1.807, 2.05) is 0 Å². The number of hydrogen-bond acceptors (Lipinski definition) is 10. The molecule has 0 aromatic carbocycles. The van der Waals surface area contributed by atoms with Gasteiger partial charge in [-0.1, -0.05) is 39.0 Å². The average Bonchev–Trinajstić information content (AvgIpc) is 3.01. The highest BCUT2D eigenvalue weighted by molar-refractivity contribution is 5.90. The fourth-order valence-electron chi connectivity index (χ4n) is 3.20. The Hall–Kier alpha value is -1.43. The van der Waals surface area contributed by atoms with Crippen molar-refractivity contribution in [2.45, 2.75) is 75.8 Å². The summed E-state index contributed by atoms with van der Waals surface area (Å²) in [5, 5.41) is 57.6. The molecule has 0 radical (unpaired) electrons. The van der Waals surface area contributed by atoms with E-state index >= 15 is 0 Å². The number of hydrogen-bond donors (Lipinski definition) is 6. The molecule has 176 valence electrons. The first-order valence-electron chi connectivity index (χ1n) is 10.5. The Labute approximate surface area is 176 Å². The zero-order valence-electron chi connectivity index (χ0n) is 17.5. The number of cyclic esters (lactones) is 1. The van der Waals surface area contributed by atoms with E-state index in [4.69, 9.17) is 19.3 Å². The van der Waals surface area contributed by atoms with Gasteiger partial charge < -0.3 is 44.8 Å². The van der Waals surface area contributed by atoms with Gasteiger partial charge in [0.2, 0.25) is 11.4 Å². The van der Waals surface area contributed by atoms with Gasteiger partial charge in [0.25, 0.3) is 0 Å². The molecule has 0 fully saturated rings. The largest absolute Gasteiger partial charge is 0.490 e. The zero-order chi connectivity index (χ0) is 22.6. The molecule has 1 aliphatic rings. The van der Waals surface area contributed by atoms with Gasteiger partial charge in [-0.2, -0.15) is 0 Å². The highest BCUT2D eigenvalue weighted by Crippen LogP contribution is 2.41. The number of esters is 1. The standard InChI is InChI=1S/C20H36O10/c1-2-3-4-5-6-7-8-28-18-17(29-13-15(25)11-22)19(27)30-20(18,16(26)12-23)9-14(24)10-21/h14-16,21-26H,2-13H2,1H3/t14?,15?,16-,20+/m0/s1. The molecular formula is C20H36O10. The second kappa shape index (κ2) is 13.8. The molecule has 1 aliphatic heterocycles. The highest BCUT2D eigenvalue weighted by Gasteiger charge is 2.56. The molecule has 6 N–H and O–H groups in total. The maximum atomic E-state index is 12.4. The van der Waals surface area contributed by atoms with Gasteiger partial charge in [0.1, 0.15) is 18.8 Å². The van der Waals surface area contributed by atoms with Gasteiger partial charge in [-0.15, -0.1) is 0 Å². The van der Waals surface area contributed by atoms with Crippen LogP contribution in [0.4, 0.5) is 0 Å². The van der Waals surface area contributed by atoms with Crippen LogP contribution < -0.4 is 0 Å². The smallest absolute Gasteiger partial charge is 0.378 e. The first kappa shape index (κ1) is 26.6. The van der Waals surface area contributed by atoms with Crippen molar-refractivity contribution in [3.8, 4) is 0 Å². The summed E-state index contributed by atoms with van der Waals surface area (Å²) in [6.07, 6.45) is 1.22. The summed E-state index contributed by atoms with van der Waals surface area (Å²) in [7, 11) is 0. The quantitative estimate of drug-likeness (QED) is 0.127. The summed E-state index contributed by atoms with van der Waals surface area (Å²) in [5.74, 6) is -1.62. The molecule has 30 heavy (non-hydrogen) atoms. The van der Waals surface area contributed by atoms with Gasteiger partial charge in [0.05, 0.1) is 32.5 Å². The zero-order valence-corrected chi connectivity index (χ0v) is 17.5. The number of ether oxygens (including phenoxy) is 3. The number of carbonyl (C=O) groups is 1. The highest BCUT2D eigenvalue weighted by atomic mass is 16.6. The molecule has 0 amide bonds. The van der Waals surface area contributed by atoms with Crippen LogP contribution in [0.3, 0.4) is 0 Å². The van der Waals surface area contributed by atoms with E-state index in [0.717, 1.165) is 32.1 Å². The summed E-state index contributed by atoms with van der Waals surface area (Å²) in [6, 6.07) is 0.